The van der Waals surface area contributed by atoms with Gasteiger partial charge in [0, 0.05) is 33.1 Å². The minimum Gasteiger partial charge on any atom is -0.343 e. The maximum Gasteiger partial charge on any atom is 0.242 e. The Morgan fingerprint density at radius 1 is 1.08 bits per heavy atom. The van der Waals surface area contributed by atoms with E-state index < -0.39 is 15.8 Å². The van der Waals surface area contributed by atoms with Crippen LogP contribution in [0, 0.1) is 5.82 Å². The lowest BCUT2D eigenvalue weighted by Crippen LogP contribution is -2.34. The molecule has 25 heavy (non-hydrogen) atoms. The van der Waals surface area contributed by atoms with Crippen molar-refractivity contribution >= 4 is 15.9 Å². The number of halogens is 1. The van der Waals surface area contributed by atoms with Gasteiger partial charge < -0.3 is 4.90 Å². The summed E-state index contributed by atoms with van der Waals surface area (Å²) >= 11 is 0. The molecule has 7 heteroatoms. The SMILES string of the molecule is CN(CCCC(=O)N1CCCCCCC1)S(=O)(=O)c1ccc(F)cc1. The summed E-state index contributed by atoms with van der Waals surface area (Å²) < 4.78 is 39.0. The molecule has 0 spiro atoms. The van der Waals surface area contributed by atoms with Crippen LogP contribution in [0.4, 0.5) is 4.39 Å². The molecule has 0 atom stereocenters. The molecule has 1 aliphatic heterocycles. The number of carbonyl (C=O) groups is 1. The zero-order valence-corrected chi connectivity index (χ0v) is 15.6. The molecule has 1 aliphatic rings. The molecular weight excluding hydrogens is 343 g/mol. The Morgan fingerprint density at radius 2 is 1.64 bits per heavy atom. The molecule has 1 heterocycles. The number of nitrogens with zero attached hydrogens (tertiary/aromatic N) is 2. The van der Waals surface area contributed by atoms with Crippen LogP contribution in [-0.4, -0.2) is 50.2 Å². The molecule has 0 aliphatic carbocycles. The molecule has 1 saturated heterocycles. The van der Waals surface area contributed by atoms with Crippen molar-refractivity contribution in [2.45, 2.75) is 49.8 Å². The second-order valence-corrected chi connectivity index (χ2v) is 8.58. The van der Waals surface area contributed by atoms with Gasteiger partial charge in [-0.25, -0.2) is 17.1 Å². The van der Waals surface area contributed by atoms with Crippen LogP contribution >= 0.6 is 0 Å². The third-order valence-electron chi connectivity index (χ3n) is 4.59. The summed E-state index contributed by atoms with van der Waals surface area (Å²) in [5.74, 6) is -0.366. The average Bonchev–Trinajstić information content (AvgIpc) is 2.54. The second kappa shape index (κ2) is 9.29. The van der Waals surface area contributed by atoms with E-state index in [1.165, 1.54) is 42.7 Å². The Kier molecular flexibility index (Phi) is 7.38. The smallest absolute Gasteiger partial charge is 0.242 e. The first-order chi connectivity index (χ1) is 11.9. The number of hydrogen-bond donors (Lipinski definition) is 0. The molecule has 0 unspecified atom stereocenters. The largest absolute Gasteiger partial charge is 0.343 e. The van der Waals surface area contributed by atoms with E-state index in [4.69, 9.17) is 0 Å². The number of sulfonamides is 1. The van der Waals surface area contributed by atoms with Gasteiger partial charge in [-0.3, -0.25) is 4.79 Å². The van der Waals surface area contributed by atoms with Crippen molar-refractivity contribution in [3.8, 4) is 0 Å². The standard InChI is InChI=1S/C18H27FN2O3S/c1-20(25(23,24)17-11-9-16(19)10-12-17)13-7-8-18(22)21-14-5-3-2-4-6-15-21/h9-12H,2-8,13-15H2,1H3. The van der Waals surface area contributed by atoms with Crippen LogP contribution in [0.3, 0.4) is 0 Å². The van der Waals surface area contributed by atoms with Crippen molar-refractivity contribution in [2.75, 3.05) is 26.7 Å². The number of hydrogen-bond acceptors (Lipinski definition) is 3. The minimum absolute atomic E-state index is 0.0616. The number of carbonyl (C=O) groups excluding carboxylic acids is 1. The fourth-order valence-electron chi connectivity index (χ4n) is 3.01. The van der Waals surface area contributed by atoms with E-state index in [9.17, 15) is 17.6 Å². The summed E-state index contributed by atoms with van der Waals surface area (Å²) in [6.07, 6.45) is 6.50. The zero-order chi connectivity index (χ0) is 18.3. The second-order valence-electron chi connectivity index (χ2n) is 6.53. The summed E-state index contributed by atoms with van der Waals surface area (Å²) in [6.45, 7) is 1.88. The predicted octanol–water partition coefficient (Wildman–Crippen LogP) is 3.02. The van der Waals surface area contributed by atoms with Crippen LogP contribution in [0.25, 0.3) is 0 Å². The van der Waals surface area contributed by atoms with Crippen LogP contribution in [0.1, 0.15) is 44.9 Å². The molecule has 140 valence electrons. The lowest BCUT2D eigenvalue weighted by Gasteiger charge is -2.25. The van der Waals surface area contributed by atoms with Crippen LogP contribution in [0.5, 0.6) is 0 Å². The Hall–Kier alpha value is -1.47. The van der Waals surface area contributed by atoms with Crippen molar-refractivity contribution in [3.63, 3.8) is 0 Å². The van der Waals surface area contributed by atoms with Gasteiger partial charge in [-0.15, -0.1) is 0 Å². The Labute approximate surface area is 149 Å². The molecule has 1 fully saturated rings. The predicted molar refractivity (Wildman–Crippen MR) is 95.1 cm³/mol. The molecular formula is C18H27FN2O3S. The van der Waals surface area contributed by atoms with E-state index in [0.29, 0.717) is 12.8 Å². The number of amides is 1. The van der Waals surface area contributed by atoms with E-state index in [1.807, 2.05) is 4.90 Å². The summed E-state index contributed by atoms with van der Waals surface area (Å²) in [5.41, 5.74) is 0. The lowest BCUT2D eigenvalue weighted by molar-refractivity contribution is -0.131. The molecule has 1 aromatic rings. The van der Waals surface area contributed by atoms with Gasteiger partial charge >= 0.3 is 0 Å². The van der Waals surface area contributed by atoms with Crippen LogP contribution < -0.4 is 0 Å². The maximum absolute atomic E-state index is 12.9. The van der Waals surface area contributed by atoms with Crippen LogP contribution in [0.15, 0.2) is 29.2 Å². The van der Waals surface area contributed by atoms with E-state index in [-0.39, 0.29) is 17.3 Å². The average molecular weight is 370 g/mol. The highest BCUT2D eigenvalue weighted by atomic mass is 32.2. The molecule has 0 saturated carbocycles. The van der Waals surface area contributed by atoms with E-state index in [2.05, 4.69) is 0 Å². The highest BCUT2D eigenvalue weighted by molar-refractivity contribution is 7.89. The van der Waals surface area contributed by atoms with Crippen molar-refractivity contribution in [3.05, 3.63) is 30.1 Å². The summed E-state index contributed by atoms with van der Waals surface area (Å²) in [4.78, 5) is 14.3. The first kappa shape index (κ1) is 19.8. The van der Waals surface area contributed by atoms with Gasteiger partial charge in [-0.05, 0) is 43.5 Å². The van der Waals surface area contributed by atoms with Gasteiger partial charge in [0.15, 0.2) is 0 Å². The maximum atomic E-state index is 12.9. The van der Waals surface area contributed by atoms with Crippen LogP contribution in [0.2, 0.25) is 0 Å². The molecule has 5 nitrogen and oxygen atoms in total. The molecule has 0 radical (unpaired) electrons. The van der Waals surface area contributed by atoms with Crippen molar-refractivity contribution in [2.24, 2.45) is 0 Å². The fourth-order valence-corrected chi connectivity index (χ4v) is 4.22. The van der Waals surface area contributed by atoms with E-state index >= 15 is 0 Å². The molecule has 2 rings (SSSR count). The fraction of sp³-hybridized carbons (Fsp3) is 0.611. The van der Waals surface area contributed by atoms with Gasteiger partial charge in [-0.1, -0.05) is 19.3 Å². The lowest BCUT2D eigenvalue weighted by atomic mass is 10.1. The molecule has 0 N–H and O–H groups in total. The Balaban J connectivity index is 1.83. The van der Waals surface area contributed by atoms with Gasteiger partial charge in [0.25, 0.3) is 0 Å². The third-order valence-corrected chi connectivity index (χ3v) is 6.47. The molecule has 1 aromatic carbocycles. The highest BCUT2D eigenvalue weighted by Crippen LogP contribution is 2.16. The van der Waals surface area contributed by atoms with Crippen LogP contribution in [-0.2, 0) is 14.8 Å². The normalized spacial score (nSPS) is 16.5. The van der Waals surface area contributed by atoms with Gasteiger partial charge in [0.05, 0.1) is 4.90 Å². The summed E-state index contributed by atoms with van der Waals surface area (Å²) in [7, 11) is -2.16. The van der Waals surface area contributed by atoms with Gasteiger partial charge in [0.2, 0.25) is 15.9 Å². The third kappa shape index (κ3) is 5.78. The minimum atomic E-state index is -3.65. The summed E-state index contributed by atoms with van der Waals surface area (Å²) in [6, 6.07) is 4.78. The monoisotopic (exact) mass is 370 g/mol. The first-order valence-electron chi connectivity index (χ1n) is 8.91. The summed E-state index contributed by atoms with van der Waals surface area (Å²) in [5, 5.41) is 0. The van der Waals surface area contributed by atoms with E-state index in [1.54, 1.807) is 0 Å². The number of likely N-dealkylation sites (tertiary alicyclic amines) is 1. The first-order valence-corrected chi connectivity index (χ1v) is 10.3. The molecule has 0 bridgehead atoms. The Morgan fingerprint density at radius 3 is 2.24 bits per heavy atom. The van der Waals surface area contributed by atoms with Gasteiger partial charge in [-0.2, -0.15) is 0 Å². The highest BCUT2D eigenvalue weighted by Gasteiger charge is 2.21. The van der Waals surface area contributed by atoms with Crippen molar-refractivity contribution in [1.82, 2.24) is 9.21 Å². The number of rotatable bonds is 6. The topological polar surface area (TPSA) is 57.7 Å². The van der Waals surface area contributed by atoms with Crippen molar-refractivity contribution < 1.29 is 17.6 Å². The van der Waals surface area contributed by atoms with Crippen molar-refractivity contribution in [1.29, 1.82) is 0 Å². The molecule has 0 aromatic heterocycles. The van der Waals surface area contributed by atoms with Gasteiger partial charge in [0.1, 0.15) is 5.82 Å². The quantitative estimate of drug-likeness (QED) is 0.773. The van der Waals surface area contributed by atoms with E-state index in [0.717, 1.165) is 38.1 Å². The molecule has 1 amide bonds. The Bertz CT molecular complexity index is 653. The zero-order valence-electron chi connectivity index (χ0n) is 14.8. The number of benzene rings is 1.